The van der Waals surface area contributed by atoms with Crippen molar-refractivity contribution in [2.75, 3.05) is 20.8 Å². The number of rotatable bonds is 7. The van der Waals surface area contributed by atoms with Crippen molar-refractivity contribution in [3.8, 4) is 11.5 Å². The first-order valence-corrected chi connectivity index (χ1v) is 10.5. The van der Waals surface area contributed by atoms with E-state index in [2.05, 4.69) is 5.32 Å². The molecule has 2 aromatic carbocycles. The Bertz CT molecular complexity index is 1070. The highest BCUT2D eigenvalue weighted by Crippen LogP contribution is 2.34. The molecule has 0 aromatic heterocycles. The lowest BCUT2D eigenvalue weighted by Gasteiger charge is -2.35. The molecule has 10 heteroatoms. The van der Waals surface area contributed by atoms with Crippen LogP contribution in [-0.4, -0.2) is 56.5 Å². The summed E-state index contributed by atoms with van der Waals surface area (Å²) in [5.41, 5.74) is 1.62. The van der Waals surface area contributed by atoms with Gasteiger partial charge in [0.2, 0.25) is 15.9 Å². The number of methoxy groups -OCH3 is 2. The smallest absolute Gasteiger partial charge is 0.322 e. The van der Waals surface area contributed by atoms with Gasteiger partial charge in [-0.3, -0.25) is 9.59 Å². The first kappa shape index (κ1) is 21.6. The largest absolute Gasteiger partial charge is 0.493 e. The fourth-order valence-electron chi connectivity index (χ4n) is 3.37. The zero-order chi connectivity index (χ0) is 21.9. The minimum Gasteiger partial charge on any atom is -0.493 e. The molecule has 3 rings (SSSR count). The molecule has 2 aromatic rings. The second kappa shape index (κ2) is 8.72. The normalized spacial score (nSPS) is 16.4. The average Bonchev–Trinajstić information content (AvgIpc) is 2.75. The van der Waals surface area contributed by atoms with Gasteiger partial charge in [-0.15, -0.1) is 0 Å². The van der Waals surface area contributed by atoms with Crippen LogP contribution in [0.1, 0.15) is 11.1 Å². The SMILES string of the molecule is COc1ccc(S(=O)(=O)N2Cc3ccccc3C[C@H]2C(=O)NCC(=O)O)cc1OC. The molecule has 0 aliphatic carbocycles. The second-order valence-corrected chi connectivity index (χ2v) is 8.56. The number of fused-ring (bicyclic) bond motifs is 1. The van der Waals surface area contributed by atoms with Crippen molar-refractivity contribution in [2.45, 2.75) is 23.9 Å². The predicted molar refractivity (Wildman–Crippen MR) is 107 cm³/mol. The summed E-state index contributed by atoms with van der Waals surface area (Å²) in [7, 11) is -1.27. The van der Waals surface area contributed by atoms with Gasteiger partial charge in [-0.2, -0.15) is 4.31 Å². The number of nitrogens with zero attached hydrogens (tertiary/aromatic N) is 1. The lowest BCUT2D eigenvalue weighted by Crippen LogP contribution is -2.53. The highest BCUT2D eigenvalue weighted by molar-refractivity contribution is 7.89. The number of carbonyl (C=O) groups is 2. The number of benzene rings is 2. The molecule has 1 atom stereocenters. The zero-order valence-corrected chi connectivity index (χ0v) is 17.3. The number of hydrogen-bond acceptors (Lipinski definition) is 6. The topological polar surface area (TPSA) is 122 Å². The molecule has 0 spiro atoms. The third kappa shape index (κ3) is 4.24. The van der Waals surface area contributed by atoms with Crippen LogP contribution >= 0.6 is 0 Å². The van der Waals surface area contributed by atoms with Gasteiger partial charge in [0.15, 0.2) is 11.5 Å². The quantitative estimate of drug-likeness (QED) is 0.667. The van der Waals surface area contributed by atoms with Crippen LogP contribution in [0.5, 0.6) is 11.5 Å². The lowest BCUT2D eigenvalue weighted by atomic mass is 9.95. The van der Waals surface area contributed by atoms with Crippen molar-refractivity contribution in [1.82, 2.24) is 9.62 Å². The summed E-state index contributed by atoms with van der Waals surface area (Å²) in [6.07, 6.45) is 0.133. The van der Waals surface area contributed by atoms with Crippen molar-refractivity contribution >= 4 is 21.9 Å². The van der Waals surface area contributed by atoms with Gasteiger partial charge in [-0.25, -0.2) is 8.42 Å². The average molecular weight is 434 g/mol. The summed E-state index contributed by atoms with van der Waals surface area (Å²) in [5.74, 6) is -1.27. The molecule has 2 N–H and O–H groups in total. The molecule has 160 valence electrons. The molecule has 0 radical (unpaired) electrons. The van der Waals surface area contributed by atoms with E-state index >= 15 is 0 Å². The van der Waals surface area contributed by atoms with Crippen LogP contribution in [-0.2, 0) is 32.6 Å². The van der Waals surface area contributed by atoms with E-state index in [4.69, 9.17) is 14.6 Å². The van der Waals surface area contributed by atoms with E-state index in [-0.39, 0.29) is 23.6 Å². The van der Waals surface area contributed by atoms with Gasteiger partial charge in [0, 0.05) is 12.6 Å². The molecule has 0 fully saturated rings. The fourth-order valence-corrected chi connectivity index (χ4v) is 4.95. The Hall–Kier alpha value is -3.11. The summed E-state index contributed by atoms with van der Waals surface area (Å²) in [4.78, 5) is 23.5. The Morgan fingerprint density at radius 1 is 1.10 bits per heavy atom. The van der Waals surface area contributed by atoms with E-state index in [0.717, 1.165) is 15.4 Å². The van der Waals surface area contributed by atoms with Crippen molar-refractivity contribution in [3.05, 3.63) is 53.6 Å². The number of carboxylic acids is 1. The molecule has 0 bridgehead atoms. The predicted octanol–water partition coefficient (Wildman–Crippen LogP) is 1.02. The molecular formula is C20H22N2O7S. The van der Waals surface area contributed by atoms with Crippen LogP contribution < -0.4 is 14.8 Å². The van der Waals surface area contributed by atoms with Crippen molar-refractivity contribution in [3.63, 3.8) is 0 Å². The Labute approximate surface area is 174 Å². The monoisotopic (exact) mass is 434 g/mol. The van der Waals surface area contributed by atoms with Crippen molar-refractivity contribution < 1.29 is 32.6 Å². The highest BCUT2D eigenvalue weighted by atomic mass is 32.2. The van der Waals surface area contributed by atoms with E-state index in [1.807, 2.05) is 12.1 Å². The van der Waals surface area contributed by atoms with Gasteiger partial charge in [-0.05, 0) is 29.7 Å². The standard InChI is InChI=1S/C20H22N2O7S/c1-28-17-8-7-15(10-18(17)29-2)30(26,27)22-12-14-6-4-3-5-13(14)9-16(22)20(25)21-11-19(23)24/h3-8,10,16H,9,11-12H2,1-2H3,(H,21,25)(H,23,24)/t16-/m0/s1. The molecule has 1 amide bonds. The van der Waals surface area contributed by atoms with Crippen LogP contribution in [0, 0.1) is 0 Å². The Kier molecular flexibility index (Phi) is 6.28. The number of nitrogens with one attached hydrogen (secondary N) is 1. The number of ether oxygens (including phenoxy) is 2. The van der Waals surface area contributed by atoms with E-state index in [0.29, 0.717) is 5.75 Å². The minimum atomic E-state index is -4.11. The molecule has 0 unspecified atom stereocenters. The Morgan fingerprint density at radius 3 is 2.40 bits per heavy atom. The number of hydrogen-bond donors (Lipinski definition) is 2. The number of aliphatic carboxylic acids is 1. The third-order valence-corrected chi connectivity index (χ3v) is 6.73. The van der Waals surface area contributed by atoms with E-state index < -0.39 is 34.5 Å². The van der Waals surface area contributed by atoms with Gasteiger partial charge < -0.3 is 19.9 Å². The minimum absolute atomic E-state index is 0.0159. The number of sulfonamides is 1. The second-order valence-electron chi connectivity index (χ2n) is 6.67. The van der Waals surface area contributed by atoms with Gasteiger partial charge in [0.05, 0.1) is 19.1 Å². The summed E-state index contributed by atoms with van der Waals surface area (Å²) >= 11 is 0. The fraction of sp³-hybridized carbons (Fsp3) is 0.300. The lowest BCUT2D eigenvalue weighted by molar-refractivity contribution is -0.138. The summed E-state index contributed by atoms with van der Waals surface area (Å²) in [6.45, 7) is -0.612. The van der Waals surface area contributed by atoms with Gasteiger partial charge in [0.1, 0.15) is 12.6 Å². The third-order valence-electron chi connectivity index (χ3n) is 4.88. The molecular weight excluding hydrogens is 412 g/mol. The first-order valence-electron chi connectivity index (χ1n) is 9.08. The van der Waals surface area contributed by atoms with Gasteiger partial charge in [0.25, 0.3) is 0 Å². The molecule has 0 saturated heterocycles. The van der Waals surface area contributed by atoms with Gasteiger partial charge >= 0.3 is 5.97 Å². The molecule has 9 nitrogen and oxygen atoms in total. The molecule has 0 saturated carbocycles. The van der Waals surface area contributed by atoms with Crippen LogP contribution in [0.3, 0.4) is 0 Å². The summed E-state index contributed by atoms with van der Waals surface area (Å²) < 4.78 is 38.4. The first-order chi connectivity index (χ1) is 14.3. The van der Waals surface area contributed by atoms with E-state index in [1.54, 1.807) is 12.1 Å². The Balaban J connectivity index is 2.02. The molecule has 1 aliphatic rings. The maximum absolute atomic E-state index is 13.5. The Morgan fingerprint density at radius 2 is 1.77 bits per heavy atom. The number of carbonyl (C=O) groups excluding carboxylic acids is 1. The summed E-state index contributed by atoms with van der Waals surface area (Å²) in [6, 6.07) is 10.3. The van der Waals surface area contributed by atoms with E-state index in [9.17, 15) is 18.0 Å². The molecule has 1 heterocycles. The van der Waals surface area contributed by atoms with Crippen molar-refractivity contribution in [2.24, 2.45) is 0 Å². The van der Waals surface area contributed by atoms with Crippen LogP contribution in [0.4, 0.5) is 0 Å². The van der Waals surface area contributed by atoms with Crippen LogP contribution in [0.15, 0.2) is 47.4 Å². The number of carboxylic acid groups (broad SMARTS) is 1. The van der Waals surface area contributed by atoms with Crippen LogP contribution in [0.2, 0.25) is 0 Å². The molecule has 1 aliphatic heterocycles. The van der Waals surface area contributed by atoms with E-state index in [1.165, 1.54) is 32.4 Å². The van der Waals surface area contributed by atoms with Gasteiger partial charge in [-0.1, -0.05) is 24.3 Å². The van der Waals surface area contributed by atoms with Crippen LogP contribution in [0.25, 0.3) is 0 Å². The summed E-state index contributed by atoms with van der Waals surface area (Å²) in [5, 5.41) is 11.1. The zero-order valence-electron chi connectivity index (χ0n) is 16.5. The maximum atomic E-state index is 13.5. The highest BCUT2D eigenvalue weighted by Gasteiger charge is 2.40. The molecule has 30 heavy (non-hydrogen) atoms. The van der Waals surface area contributed by atoms with Crippen molar-refractivity contribution in [1.29, 1.82) is 0 Å². The maximum Gasteiger partial charge on any atom is 0.322 e. The number of amides is 1.